The normalized spacial score (nSPS) is 18.3. The minimum Gasteiger partial charge on any atom is -0.360 e. The predicted molar refractivity (Wildman–Crippen MR) is 110 cm³/mol. The Balaban J connectivity index is 1.81. The molecule has 164 valence electrons. The Hall–Kier alpha value is -2.24. The molecule has 0 spiro atoms. The molecule has 1 aromatic carbocycles. The first-order valence-corrected chi connectivity index (χ1v) is 12.7. The van der Waals surface area contributed by atoms with E-state index in [0.29, 0.717) is 12.8 Å². The summed E-state index contributed by atoms with van der Waals surface area (Å²) < 4.78 is 57.0. The van der Waals surface area contributed by atoms with Gasteiger partial charge in [-0.25, -0.2) is 16.8 Å². The van der Waals surface area contributed by atoms with E-state index in [2.05, 4.69) is 10.5 Å². The van der Waals surface area contributed by atoms with Gasteiger partial charge in [-0.2, -0.15) is 4.31 Å². The number of hydrogen-bond donors (Lipinski definition) is 1. The van der Waals surface area contributed by atoms with Gasteiger partial charge in [-0.05, 0) is 38.8 Å². The molecule has 0 radical (unpaired) electrons. The van der Waals surface area contributed by atoms with Crippen LogP contribution in [0.4, 0.5) is 5.69 Å². The number of anilines is 1. The fourth-order valence-electron chi connectivity index (χ4n) is 3.58. The molecule has 1 aliphatic rings. The van der Waals surface area contributed by atoms with Crippen molar-refractivity contribution in [3.8, 4) is 0 Å². The first-order chi connectivity index (χ1) is 14.1. The van der Waals surface area contributed by atoms with Gasteiger partial charge in [-0.15, -0.1) is 0 Å². The zero-order valence-corrected chi connectivity index (χ0v) is 18.7. The average Bonchev–Trinajstić information content (AvgIpc) is 3.07. The van der Waals surface area contributed by atoms with Crippen molar-refractivity contribution in [3.05, 3.63) is 35.7 Å². The van der Waals surface area contributed by atoms with Crippen LogP contribution in [-0.2, 0) is 24.7 Å². The quantitative estimate of drug-likeness (QED) is 0.707. The van der Waals surface area contributed by atoms with Gasteiger partial charge >= 0.3 is 0 Å². The number of piperidine rings is 1. The Morgan fingerprint density at radius 3 is 2.57 bits per heavy atom. The molecule has 1 aromatic heterocycles. The van der Waals surface area contributed by atoms with Crippen molar-refractivity contribution < 1.29 is 26.2 Å². The van der Waals surface area contributed by atoms with Crippen molar-refractivity contribution in [2.45, 2.75) is 43.4 Å². The number of aromatic nitrogens is 1. The minimum absolute atomic E-state index is 0.000914. The molecule has 0 bridgehead atoms. The number of nitrogens with zero attached hydrogens (tertiary/aromatic N) is 2. The van der Waals surface area contributed by atoms with Gasteiger partial charge < -0.3 is 9.84 Å². The van der Waals surface area contributed by atoms with E-state index in [-0.39, 0.29) is 45.8 Å². The minimum atomic E-state index is -3.85. The number of sulfone groups is 1. The van der Waals surface area contributed by atoms with E-state index in [1.54, 1.807) is 19.1 Å². The van der Waals surface area contributed by atoms with Crippen LogP contribution in [0.1, 0.15) is 31.2 Å². The highest BCUT2D eigenvalue weighted by molar-refractivity contribution is 7.91. The van der Waals surface area contributed by atoms with E-state index < -0.39 is 31.7 Å². The summed E-state index contributed by atoms with van der Waals surface area (Å²) in [6.45, 7) is 4.92. The lowest BCUT2D eigenvalue weighted by molar-refractivity contribution is -0.120. The molecular weight excluding hydrogens is 430 g/mol. The molecule has 1 N–H and O–H groups in total. The Morgan fingerprint density at radius 1 is 1.23 bits per heavy atom. The molecule has 1 aliphatic heterocycles. The smallest absolute Gasteiger partial charge is 0.248 e. The Bertz CT molecular complexity index is 1140. The summed E-state index contributed by atoms with van der Waals surface area (Å²) in [5.41, 5.74) is 0.479. The van der Waals surface area contributed by atoms with Crippen LogP contribution in [0.25, 0.3) is 0 Å². The molecule has 30 heavy (non-hydrogen) atoms. The highest BCUT2D eigenvalue weighted by atomic mass is 32.2. The third kappa shape index (κ3) is 4.28. The van der Waals surface area contributed by atoms with Crippen LogP contribution in [0.3, 0.4) is 0 Å². The summed E-state index contributed by atoms with van der Waals surface area (Å²) in [6.07, 6.45) is 1.01. The topological polar surface area (TPSA) is 127 Å². The van der Waals surface area contributed by atoms with Crippen LogP contribution in [0, 0.1) is 19.8 Å². The molecule has 1 fully saturated rings. The highest BCUT2D eigenvalue weighted by Crippen LogP contribution is 2.29. The van der Waals surface area contributed by atoms with Crippen molar-refractivity contribution >= 4 is 31.5 Å². The number of rotatable bonds is 6. The molecule has 2 aromatic rings. The third-order valence-electron chi connectivity index (χ3n) is 5.18. The fourth-order valence-corrected chi connectivity index (χ4v) is 6.44. The highest BCUT2D eigenvalue weighted by Gasteiger charge is 2.36. The maximum Gasteiger partial charge on any atom is 0.248 e. The number of hydrogen-bond acceptors (Lipinski definition) is 7. The number of amides is 1. The summed E-state index contributed by atoms with van der Waals surface area (Å²) in [7, 11) is -7.37. The molecule has 0 saturated carbocycles. The van der Waals surface area contributed by atoms with Crippen LogP contribution in [0.15, 0.2) is 38.6 Å². The van der Waals surface area contributed by atoms with Gasteiger partial charge in [0.15, 0.2) is 15.6 Å². The lowest BCUT2D eigenvalue weighted by atomic mass is 9.99. The van der Waals surface area contributed by atoms with Crippen molar-refractivity contribution in [1.29, 1.82) is 0 Å². The number of aryl methyl sites for hydroxylation is 2. The lowest BCUT2D eigenvalue weighted by Crippen LogP contribution is -2.44. The van der Waals surface area contributed by atoms with E-state index in [4.69, 9.17) is 4.52 Å². The van der Waals surface area contributed by atoms with Crippen molar-refractivity contribution in [1.82, 2.24) is 9.46 Å². The van der Waals surface area contributed by atoms with Gasteiger partial charge in [-0.3, -0.25) is 4.79 Å². The summed E-state index contributed by atoms with van der Waals surface area (Å²) in [5.74, 6) is -0.899. The largest absolute Gasteiger partial charge is 0.360 e. The van der Waals surface area contributed by atoms with E-state index in [9.17, 15) is 21.6 Å². The second-order valence-electron chi connectivity index (χ2n) is 7.24. The molecular formula is C19H25N3O6S2. The summed E-state index contributed by atoms with van der Waals surface area (Å²) in [4.78, 5) is 13.0. The van der Waals surface area contributed by atoms with E-state index in [1.807, 2.05) is 0 Å². The Kier molecular flexibility index (Phi) is 6.34. The molecule has 1 atom stereocenters. The molecule has 1 saturated heterocycles. The van der Waals surface area contributed by atoms with Gasteiger partial charge in [-0.1, -0.05) is 24.2 Å². The zero-order chi connectivity index (χ0) is 22.1. The fraction of sp³-hybridized carbons (Fsp3) is 0.474. The molecule has 0 aliphatic carbocycles. The van der Waals surface area contributed by atoms with Crippen LogP contribution in [0.5, 0.6) is 0 Å². The summed E-state index contributed by atoms with van der Waals surface area (Å²) >= 11 is 0. The Morgan fingerprint density at radius 2 is 1.93 bits per heavy atom. The van der Waals surface area contributed by atoms with Crippen molar-refractivity contribution in [2.24, 2.45) is 5.92 Å². The predicted octanol–water partition coefficient (Wildman–Crippen LogP) is 2.12. The standard InChI is InChI=1S/C19H25N3O6S2/c1-4-29(24,25)17-10-6-5-9-16(17)20-19(23)15-8-7-11-22(12-15)30(26,27)18-13(2)21-28-14(18)3/h5-6,9-10,15H,4,7-8,11-12H2,1-3H3,(H,20,23). The summed E-state index contributed by atoms with van der Waals surface area (Å²) in [6, 6.07) is 6.21. The first-order valence-electron chi connectivity index (χ1n) is 9.63. The maximum atomic E-state index is 13.1. The zero-order valence-electron chi connectivity index (χ0n) is 17.1. The first kappa shape index (κ1) is 22.4. The molecule has 11 heteroatoms. The molecule has 1 amide bonds. The van der Waals surface area contributed by atoms with E-state index in [0.717, 1.165) is 0 Å². The van der Waals surface area contributed by atoms with Gasteiger partial charge in [0.2, 0.25) is 15.9 Å². The number of nitrogens with one attached hydrogen (secondary N) is 1. The van der Waals surface area contributed by atoms with Gasteiger partial charge in [0.1, 0.15) is 10.6 Å². The van der Waals surface area contributed by atoms with Gasteiger partial charge in [0, 0.05) is 13.1 Å². The van der Waals surface area contributed by atoms with Crippen LogP contribution < -0.4 is 5.32 Å². The summed E-state index contributed by atoms with van der Waals surface area (Å²) in [5, 5.41) is 6.39. The molecule has 3 rings (SSSR count). The number of carbonyl (C=O) groups excluding carboxylic acids is 1. The molecule has 2 heterocycles. The second kappa shape index (κ2) is 8.48. The molecule has 1 unspecified atom stereocenters. The van der Waals surface area contributed by atoms with Crippen molar-refractivity contribution in [2.75, 3.05) is 24.2 Å². The van der Waals surface area contributed by atoms with Crippen LogP contribution >= 0.6 is 0 Å². The van der Waals surface area contributed by atoms with Crippen molar-refractivity contribution in [3.63, 3.8) is 0 Å². The lowest BCUT2D eigenvalue weighted by Gasteiger charge is -2.31. The van der Waals surface area contributed by atoms with E-state index in [1.165, 1.54) is 30.3 Å². The number of carbonyl (C=O) groups is 1. The van der Waals surface area contributed by atoms with Gasteiger partial charge in [0.05, 0.1) is 22.3 Å². The molecule has 9 nitrogen and oxygen atoms in total. The SMILES string of the molecule is CCS(=O)(=O)c1ccccc1NC(=O)C1CCCN(S(=O)(=O)c2c(C)noc2C)C1. The number of para-hydroxylation sites is 1. The number of benzene rings is 1. The maximum absolute atomic E-state index is 13.1. The third-order valence-corrected chi connectivity index (χ3v) is 9.08. The Labute approximate surface area is 176 Å². The van der Waals surface area contributed by atoms with E-state index >= 15 is 0 Å². The van der Waals surface area contributed by atoms with Crippen LogP contribution in [-0.4, -0.2) is 51.0 Å². The van der Waals surface area contributed by atoms with Crippen LogP contribution in [0.2, 0.25) is 0 Å². The second-order valence-corrected chi connectivity index (χ2v) is 11.4. The number of sulfonamides is 1. The monoisotopic (exact) mass is 455 g/mol. The van der Waals surface area contributed by atoms with Gasteiger partial charge in [0.25, 0.3) is 0 Å². The average molecular weight is 456 g/mol.